The van der Waals surface area contributed by atoms with Crippen LogP contribution in [0, 0.1) is 0 Å². The molecule has 0 radical (unpaired) electrons. The summed E-state index contributed by atoms with van der Waals surface area (Å²) in [5.74, 6) is -0.617. The van der Waals surface area contributed by atoms with Crippen molar-refractivity contribution in [2.75, 3.05) is 5.32 Å². The topological polar surface area (TPSA) is 58.2 Å². The van der Waals surface area contributed by atoms with Crippen LogP contribution < -0.4 is 10.6 Å². The Morgan fingerprint density at radius 3 is 2.25 bits per heavy atom. The Labute approximate surface area is 116 Å². The molecule has 0 atom stereocenters. The van der Waals surface area contributed by atoms with Crippen molar-refractivity contribution in [1.82, 2.24) is 5.32 Å². The van der Waals surface area contributed by atoms with Crippen molar-refractivity contribution in [3.63, 3.8) is 0 Å². The van der Waals surface area contributed by atoms with Gasteiger partial charge in [0.05, 0.1) is 11.3 Å². The largest absolute Gasteiger partial charge is 0.320 e. The second-order valence-corrected chi connectivity index (χ2v) is 4.42. The van der Waals surface area contributed by atoms with E-state index in [2.05, 4.69) is 10.6 Å². The van der Waals surface area contributed by atoms with Crippen LogP contribution in [-0.4, -0.2) is 11.8 Å². The fourth-order valence-corrected chi connectivity index (χ4v) is 2.04. The summed E-state index contributed by atoms with van der Waals surface area (Å²) in [6.45, 7) is 0. The smallest absolute Gasteiger partial charge is 0.272 e. The Bertz CT molecular complexity index is 705. The summed E-state index contributed by atoms with van der Waals surface area (Å²) < 4.78 is 0. The van der Waals surface area contributed by atoms with Crippen LogP contribution in [0.5, 0.6) is 0 Å². The molecule has 3 rings (SSSR count). The van der Waals surface area contributed by atoms with Gasteiger partial charge in [-0.1, -0.05) is 42.5 Å². The van der Waals surface area contributed by atoms with Crippen LogP contribution >= 0.6 is 0 Å². The number of rotatable bonds is 1. The van der Waals surface area contributed by atoms with Gasteiger partial charge in [-0.25, -0.2) is 0 Å². The van der Waals surface area contributed by atoms with Crippen molar-refractivity contribution in [3.05, 3.63) is 71.4 Å². The van der Waals surface area contributed by atoms with E-state index < -0.39 is 0 Å². The molecule has 0 unspecified atom stereocenters. The average molecular weight is 264 g/mol. The van der Waals surface area contributed by atoms with Crippen molar-refractivity contribution < 1.29 is 9.59 Å². The third-order valence-electron chi connectivity index (χ3n) is 3.02. The second-order valence-electron chi connectivity index (χ2n) is 4.42. The molecule has 1 aliphatic rings. The van der Waals surface area contributed by atoms with E-state index in [4.69, 9.17) is 0 Å². The van der Waals surface area contributed by atoms with Crippen LogP contribution in [0.4, 0.5) is 5.69 Å². The number of para-hydroxylation sites is 1. The molecule has 0 bridgehead atoms. The van der Waals surface area contributed by atoms with E-state index in [0.29, 0.717) is 11.3 Å². The summed E-state index contributed by atoms with van der Waals surface area (Å²) in [4.78, 5) is 24.2. The molecule has 0 saturated carbocycles. The van der Waals surface area contributed by atoms with Gasteiger partial charge in [0.1, 0.15) is 5.70 Å². The van der Waals surface area contributed by atoms with Crippen molar-refractivity contribution in [2.45, 2.75) is 0 Å². The van der Waals surface area contributed by atoms with Crippen molar-refractivity contribution in [3.8, 4) is 0 Å². The summed E-state index contributed by atoms with van der Waals surface area (Å²) >= 11 is 0. The predicted molar refractivity (Wildman–Crippen MR) is 77.0 cm³/mol. The number of amides is 2. The van der Waals surface area contributed by atoms with Gasteiger partial charge in [-0.3, -0.25) is 9.59 Å². The molecule has 2 amide bonds. The summed E-state index contributed by atoms with van der Waals surface area (Å²) in [5, 5.41) is 5.38. The first-order valence-corrected chi connectivity index (χ1v) is 6.22. The molecular formula is C16H12N2O2. The summed E-state index contributed by atoms with van der Waals surface area (Å²) in [5.41, 5.74) is 2.06. The lowest BCUT2D eigenvalue weighted by atomic mass is 10.1. The standard InChI is InChI=1S/C16H12N2O2/c19-15-12-8-4-5-9-13(12)17-16(20)14(18-15)10-11-6-2-1-3-7-11/h1-10H,(H,17,20)(H,18,19)/b14-10-. The third-order valence-corrected chi connectivity index (χ3v) is 3.02. The number of anilines is 1. The Morgan fingerprint density at radius 2 is 1.45 bits per heavy atom. The maximum Gasteiger partial charge on any atom is 0.272 e. The Balaban J connectivity index is 1.99. The van der Waals surface area contributed by atoms with Gasteiger partial charge in [-0.2, -0.15) is 0 Å². The SMILES string of the molecule is O=C1Nc2ccccc2C(=O)N/C1=C\c1ccccc1. The van der Waals surface area contributed by atoms with Gasteiger partial charge in [0.2, 0.25) is 0 Å². The van der Waals surface area contributed by atoms with Crippen LogP contribution in [0.3, 0.4) is 0 Å². The molecule has 0 aliphatic carbocycles. The molecule has 20 heavy (non-hydrogen) atoms. The fourth-order valence-electron chi connectivity index (χ4n) is 2.04. The van der Waals surface area contributed by atoms with Crippen LogP contribution in [0.25, 0.3) is 6.08 Å². The van der Waals surface area contributed by atoms with Crippen molar-refractivity contribution in [1.29, 1.82) is 0 Å². The molecule has 98 valence electrons. The first-order chi connectivity index (χ1) is 9.74. The van der Waals surface area contributed by atoms with Gasteiger partial charge in [0.25, 0.3) is 11.8 Å². The molecule has 0 saturated heterocycles. The molecule has 2 N–H and O–H groups in total. The van der Waals surface area contributed by atoms with E-state index in [1.807, 2.05) is 30.3 Å². The molecule has 0 aromatic heterocycles. The Kier molecular flexibility index (Phi) is 3.05. The number of benzene rings is 2. The molecule has 4 nitrogen and oxygen atoms in total. The minimum Gasteiger partial charge on any atom is -0.320 e. The second kappa shape index (κ2) is 5.01. The van der Waals surface area contributed by atoms with Gasteiger partial charge in [0.15, 0.2) is 0 Å². The zero-order chi connectivity index (χ0) is 13.9. The molecule has 0 fully saturated rings. The van der Waals surface area contributed by atoms with E-state index in [1.165, 1.54) is 0 Å². The number of fused-ring (bicyclic) bond motifs is 1. The molecule has 2 aromatic rings. The number of carbonyl (C=O) groups is 2. The van der Waals surface area contributed by atoms with Crippen LogP contribution in [-0.2, 0) is 4.79 Å². The maximum absolute atomic E-state index is 12.1. The summed E-state index contributed by atoms with van der Waals surface area (Å²) in [7, 11) is 0. The van der Waals surface area contributed by atoms with Crippen LogP contribution in [0.2, 0.25) is 0 Å². The van der Waals surface area contributed by atoms with Crippen molar-refractivity contribution >= 4 is 23.6 Å². The fraction of sp³-hybridized carbons (Fsp3) is 0. The number of nitrogens with one attached hydrogen (secondary N) is 2. The van der Waals surface area contributed by atoms with Crippen LogP contribution in [0.15, 0.2) is 60.3 Å². The van der Waals surface area contributed by atoms with E-state index in [0.717, 1.165) is 5.56 Å². The molecule has 0 spiro atoms. The average Bonchev–Trinajstić information content (AvgIpc) is 2.58. The molecule has 4 heteroatoms. The Morgan fingerprint density at radius 1 is 0.750 bits per heavy atom. The Hall–Kier alpha value is -2.88. The first-order valence-electron chi connectivity index (χ1n) is 6.22. The van der Waals surface area contributed by atoms with Gasteiger partial charge < -0.3 is 10.6 Å². The van der Waals surface area contributed by atoms with Gasteiger partial charge in [-0.15, -0.1) is 0 Å². The molecule has 1 heterocycles. The monoisotopic (exact) mass is 264 g/mol. The lowest BCUT2D eigenvalue weighted by Crippen LogP contribution is -2.26. The quantitative estimate of drug-likeness (QED) is 0.777. The van der Waals surface area contributed by atoms with Gasteiger partial charge >= 0.3 is 0 Å². The normalized spacial score (nSPS) is 16.1. The van der Waals surface area contributed by atoms with Gasteiger partial charge in [-0.05, 0) is 23.8 Å². The lowest BCUT2D eigenvalue weighted by Gasteiger charge is -2.04. The highest BCUT2D eigenvalue weighted by atomic mass is 16.2. The van der Waals surface area contributed by atoms with E-state index in [1.54, 1.807) is 30.3 Å². The zero-order valence-corrected chi connectivity index (χ0v) is 10.6. The number of hydrogen-bond donors (Lipinski definition) is 2. The third kappa shape index (κ3) is 2.31. The van der Waals surface area contributed by atoms with E-state index in [9.17, 15) is 9.59 Å². The highest BCUT2D eigenvalue weighted by molar-refractivity contribution is 6.16. The summed E-state index contributed by atoms with van der Waals surface area (Å²) in [6, 6.07) is 16.3. The van der Waals surface area contributed by atoms with Crippen LogP contribution in [0.1, 0.15) is 15.9 Å². The number of hydrogen-bond acceptors (Lipinski definition) is 2. The first kappa shape index (κ1) is 12.2. The molecular weight excluding hydrogens is 252 g/mol. The highest BCUT2D eigenvalue weighted by Crippen LogP contribution is 2.19. The zero-order valence-electron chi connectivity index (χ0n) is 10.6. The minimum absolute atomic E-state index is 0.234. The van der Waals surface area contributed by atoms with Crippen molar-refractivity contribution in [2.24, 2.45) is 0 Å². The maximum atomic E-state index is 12.1. The molecule has 2 aromatic carbocycles. The number of carbonyl (C=O) groups excluding carboxylic acids is 2. The minimum atomic E-state index is -0.327. The molecule has 1 aliphatic heterocycles. The van der Waals surface area contributed by atoms with Gasteiger partial charge in [0, 0.05) is 0 Å². The van der Waals surface area contributed by atoms with E-state index >= 15 is 0 Å². The predicted octanol–water partition coefficient (Wildman–Crippen LogP) is 2.41. The summed E-state index contributed by atoms with van der Waals surface area (Å²) in [6.07, 6.45) is 1.65. The van der Waals surface area contributed by atoms with E-state index in [-0.39, 0.29) is 17.5 Å². The highest BCUT2D eigenvalue weighted by Gasteiger charge is 2.22. The lowest BCUT2D eigenvalue weighted by molar-refractivity contribution is -0.113.